The van der Waals surface area contributed by atoms with Gasteiger partial charge < -0.3 is 21.1 Å². The third kappa shape index (κ3) is 6.29. The molecule has 146 valence electrons. The number of ketones is 1. The summed E-state index contributed by atoms with van der Waals surface area (Å²) in [4.78, 5) is 15.1. The molecule has 5 nitrogen and oxygen atoms in total. The molecule has 0 fully saturated rings. The molecule has 2 rings (SSSR count). The van der Waals surface area contributed by atoms with Gasteiger partial charge in [-0.1, -0.05) is 26.0 Å². The molecule has 5 heteroatoms. The number of nitrogens with zero attached hydrogens (tertiary/aromatic N) is 1. The maximum absolute atomic E-state index is 12.7. The predicted molar refractivity (Wildman–Crippen MR) is 112 cm³/mol. The van der Waals surface area contributed by atoms with E-state index in [0.717, 1.165) is 26.1 Å². The Labute approximate surface area is 162 Å². The zero-order valence-corrected chi connectivity index (χ0v) is 16.4. The molecule has 0 aromatic heterocycles. The number of nitrogens with two attached hydrogens (primary N) is 2. The van der Waals surface area contributed by atoms with Gasteiger partial charge in [-0.2, -0.15) is 0 Å². The average Bonchev–Trinajstić information content (AvgIpc) is 2.67. The van der Waals surface area contributed by atoms with Crippen molar-refractivity contribution < 1.29 is 9.53 Å². The number of benzene rings is 2. The molecular weight excluding hydrogens is 338 g/mol. The van der Waals surface area contributed by atoms with E-state index >= 15 is 0 Å². The largest absolute Gasteiger partial charge is 0.494 e. The van der Waals surface area contributed by atoms with Crippen LogP contribution in [-0.4, -0.2) is 36.9 Å². The summed E-state index contributed by atoms with van der Waals surface area (Å²) in [5, 5.41) is 0. The van der Waals surface area contributed by atoms with E-state index in [1.807, 2.05) is 12.1 Å². The van der Waals surface area contributed by atoms with Gasteiger partial charge >= 0.3 is 0 Å². The van der Waals surface area contributed by atoms with Gasteiger partial charge in [0.1, 0.15) is 5.75 Å². The lowest BCUT2D eigenvalue weighted by molar-refractivity contribution is 0.103. The minimum atomic E-state index is -0.0933. The maximum atomic E-state index is 12.7. The van der Waals surface area contributed by atoms with E-state index in [4.69, 9.17) is 16.2 Å². The average molecular weight is 370 g/mol. The second-order valence-corrected chi connectivity index (χ2v) is 6.74. The lowest BCUT2D eigenvalue weighted by Gasteiger charge is -2.20. The number of carbonyl (C=O) groups excluding carboxylic acids is 1. The number of nitrogen functional groups attached to an aromatic ring is 2. The Morgan fingerprint density at radius 2 is 1.63 bits per heavy atom. The van der Waals surface area contributed by atoms with Crippen molar-refractivity contribution in [3.63, 3.8) is 0 Å². The Bertz CT molecular complexity index is 740. The van der Waals surface area contributed by atoms with Gasteiger partial charge in [0, 0.05) is 17.7 Å². The summed E-state index contributed by atoms with van der Waals surface area (Å²) in [7, 11) is 0. The Hall–Kier alpha value is -2.53. The molecule has 0 bridgehead atoms. The molecule has 0 spiro atoms. The van der Waals surface area contributed by atoms with Crippen LogP contribution in [0.2, 0.25) is 0 Å². The minimum Gasteiger partial charge on any atom is -0.494 e. The van der Waals surface area contributed by atoms with Crippen LogP contribution in [0.25, 0.3) is 0 Å². The fraction of sp³-hybridized carbons (Fsp3) is 0.409. The van der Waals surface area contributed by atoms with Gasteiger partial charge in [-0.15, -0.1) is 0 Å². The Morgan fingerprint density at radius 1 is 0.926 bits per heavy atom. The van der Waals surface area contributed by atoms with Crippen molar-refractivity contribution in [2.45, 2.75) is 33.1 Å². The molecule has 0 unspecified atom stereocenters. The van der Waals surface area contributed by atoms with Crippen LogP contribution < -0.4 is 16.2 Å². The molecule has 4 N–H and O–H groups in total. The van der Waals surface area contributed by atoms with Crippen molar-refractivity contribution in [2.75, 3.05) is 37.7 Å². The topological polar surface area (TPSA) is 81.6 Å². The van der Waals surface area contributed by atoms with Crippen molar-refractivity contribution in [1.29, 1.82) is 0 Å². The van der Waals surface area contributed by atoms with E-state index in [9.17, 15) is 4.79 Å². The van der Waals surface area contributed by atoms with Gasteiger partial charge in [-0.05, 0) is 62.7 Å². The normalized spacial score (nSPS) is 10.9. The standard InChI is InChI=1S/C22H31N3O2/c1-3-11-25(12-4-2)13-6-14-27-19-8-5-7-17(15-19)22(26)18-9-10-20(23)21(24)16-18/h5,7-10,15-16H,3-4,6,11-14,23-24H2,1-2H3. The SMILES string of the molecule is CCCN(CCC)CCCOc1cccc(C(=O)c2ccc(N)c(N)c2)c1. The van der Waals surface area contributed by atoms with Gasteiger partial charge in [-0.3, -0.25) is 4.79 Å². The van der Waals surface area contributed by atoms with Gasteiger partial charge in [0.15, 0.2) is 5.78 Å². The summed E-state index contributed by atoms with van der Waals surface area (Å²) in [6.07, 6.45) is 3.30. The number of carbonyl (C=O) groups is 1. The molecule has 0 aliphatic carbocycles. The maximum Gasteiger partial charge on any atom is 0.193 e. The van der Waals surface area contributed by atoms with Crippen LogP contribution in [0.3, 0.4) is 0 Å². The summed E-state index contributed by atoms with van der Waals surface area (Å²) >= 11 is 0. The quantitative estimate of drug-likeness (QED) is 0.356. The fourth-order valence-corrected chi connectivity index (χ4v) is 3.06. The van der Waals surface area contributed by atoms with Crippen LogP contribution in [0.15, 0.2) is 42.5 Å². The van der Waals surface area contributed by atoms with Crippen LogP contribution >= 0.6 is 0 Å². The van der Waals surface area contributed by atoms with E-state index < -0.39 is 0 Å². The molecule has 0 amide bonds. The first kappa shape index (κ1) is 20.8. The number of anilines is 2. The highest BCUT2D eigenvalue weighted by atomic mass is 16.5. The summed E-state index contributed by atoms with van der Waals surface area (Å²) in [5.74, 6) is 0.617. The molecule has 2 aromatic carbocycles. The molecule has 2 aromatic rings. The minimum absolute atomic E-state index is 0.0933. The van der Waals surface area contributed by atoms with E-state index in [1.165, 1.54) is 12.8 Å². The van der Waals surface area contributed by atoms with E-state index in [2.05, 4.69) is 18.7 Å². The van der Waals surface area contributed by atoms with Crippen LogP contribution in [-0.2, 0) is 0 Å². The molecule has 0 heterocycles. The third-order valence-corrected chi connectivity index (χ3v) is 4.41. The highest BCUT2D eigenvalue weighted by molar-refractivity contribution is 6.10. The van der Waals surface area contributed by atoms with Crippen molar-refractivity contribution in [3.05, 3.63) is 53.6 Å². The molecule has 0 radical (unpaired) electrons. The van der Waals surface area contributed by atoms with Crippen LogP contribution in [0.5, 0.6) is 5.75 Å². The summed E-state index contributed by atoms with van der Waals surface area (Å²) in [6, 6.07) is 12.2. The lowest BCUT2D eigenvalue weighted by atomic mass is 10.0. The molecule has 0 saturated heterocycles. The first-order chi connectivity index (χ1) is 13.0. The molecule has 0 saturated carbocycles. The van der Waals surface area contributed by atoms with Crippen molar-refractivity contribution >= 4 is 17.2 Å². The number of hydrogen-bond acceptors (Lipinski definition) is 5. The Balaban J connectivity index is 1.92. The van der Waals surface area contributed by atoms with Crippen molar-refractivity contribution in [2.24, 2.45) is 0 Å². The Kier molecular flexibility index (Phi) is 8.14. The van der Waals surface area contributed by atoms with Gasteiger partial charge in [0.25, 0.3) is 0 Å². The van der Waals surface area contributed by atoms with Crippen LogP contribution in [0.1, 0.15) is 49.0 Å². The van der Waals surface area contributed by atoms with Crippen LogP contribution in [0, 0.1) is 0 Å². The van der Waals surface area contributed by atoms with E-state index in [0.29, 0.717) is 34.9 Å². The molecule has 27 heavy (non-hydrogen) atoms. The first-order valence-corrected chi connectivity index (χ1v) is 9.70. The van der Waals surface area contributed by atoms with Crippen molar-refractivity contribution in [1.82, 2.24) is 4.90 Å². The highest BCUT2D eigenvalue weighted by Gasteiger charge is 2.11. The summed E-state index contributed by atoms with van der Waals surface area (Å²) in [5.41, 5.74) is 13.5. The molecule has 0 aliphatic rings. The van der Waals surface area contributed by atoms with E-state index in [-0.39, 0.29) is 5.78 Å². The predicted octanol–water partition coefficient (Wildman–Crippen LogP) is 3.97. The third-order valence-electron chi connectivity index (χ3n) is 4.41. The number of rotatable bonds is 11. The van der Waals surface area contributed by atoms with E-state index in [1.54, 1.807) is 30.3 Å². The smallest absolute Gasteiger partial charge is 0.193 e. The highest BCUT2D eigenvalue weighted by Crippen LogP contribution is 2.21. The van der Waals surface area contributed by atoms with Gasteiger partial charge in [-0.25, -0.2) is 0 Å². The second-order valence-electron chi connectivity index (χ2n) is 6.74. The molecule has 0 atom stereocenters. The zero-order chi connectivity index (χ0) is 19.6. The number of hydrogen-bond donors (Lipinski definition) is 2. The van der Waals surface area contributed by atoms with Gasteiger partial charge in [0.05, 0.1) is 18.0 Å². The summed E-state index contributed by atoms with van der Waals surface area (Å²) < 4.78 is 5.86. The fourth-order valence-electron chi connectivity index (χ4n) is 3.06. The van der Waals surface area contributed by atoms with Gasteiger partial charge in [0.2, 0.25) is 0 Å². The number of ether oxygens (including phenoxy) is 1. The zero-order valence-electron chi connectivity index (χ0n) is 16.4. The Morgan fingerprint density at radius 3 is 2.30 bits per heavy atom. The molecular formula is C22H31N3O2. The van der Waals surface area contributed by atoms with Crippen molar-refractivity contribution in [3.8, 4) is 5.75 Å². The summed E-state index contributed by atoms with van der Waals surface area (Å²) in [6.45, 7) is 8.33. The van der Waals surface area contributed by atoms with Crippen LogP contribution in [0.4, 0.5) is 11.4 Å². The molecule has 0 aliphatic heterocycles. The second kappa shape index (κ2) is 10.6. The first-order valence-electron chi connectivity index (χ1n) is 9.70. The monoisotopic (exact) mass is 369 g/mol. The lowest BCUT2D eigenvalue weighted by Crippen LogP contribution is -2.27.